The second kappa shape index (κ2) is 12.2. The van der Waals surface area contributed by atoms with Crippen LogP contribution >= 0.6 is 0 Å². The van der Waals surface area contributed by atoms with E-state index in [2.05, 4.69) is 40.1 Å². The van der Waals surface area contributed by atoms with E-state index in [1.54, 1.807) is 11.0 Å². The Labute approximate surface area is 252 Å². The van der Waals surface area contributed by atoms with Gasteiger partial charge < -0.3 is 24.3 Å². The fourth-order valence-electron chi connectivity index (χ4n) is 6.33. The van der Waals surface area contributed by atoms with Gasteiger partial charge in [-0.05, 0) is 56.8 Å². The number of ether oxygens (including phenoxy) is 1. The maximum atomic E-state index is 15.0. The Morgan fingerprint density at radius 3 is 2.74 bits per heavy atom. The van der Waals surface area contributed by atoms with Gasteiger partial charge in [-0.2, -0.15) is 9.97 Å². The van der Waals surface area contributed by atoms with Gasteiger partial charge in [0.1, 0.15) is 24.3 Å². The Hall–Kier alpha value is -4.23. The monoisotopic (exact) mass is 583 g/mol. The summed E-state index contributed by atoms with van der Waals surface area (Å²) in [5, 5.41) is 1.48. The van der Waals surface area contributed by atoms with Crippen LogP contribution in [0.5, 0.6) is 6.01 Å². The summed E-state index contributed by atoms with van der Waals surface area (Å²) >= 11 is 0. The smallest absolute Gasteiger partial charge is 0.318 e. The Kier molecular flexibility index (Phi) is 8.17. The van der Waals surface area contributed by atoms with Crippen molar-refractivity contribution in [1.29, 1.82) is 0 Å². The molecule has 2 atom stereocenters. The van der Waals surface area contributed by atoms with E-state index in [0.717, 1.165) is 28.1 Å². The van der Waals surface area contributed by atoms with Crippen molar-refractivity contribution in [1.82, 2.24) is 19.8 Å². The molecule has 224 valence electrons. The number of anilines is 2. The molecule has 1 amide bonds. The summed E-state index contributed by atoms with van der Waals surface area (Å²) in [6.07, 6.45) is 4.43. The number of carbonyl (C=O) groups is 1. The van der Waals surface area contributed by atoms with Gasteiger partial charge in [-0.1, -0.05) is 30.8 Å². The van der Waals surface area contributed by atoms with E-state index in [1.165, 1.54) is 25.0 Å². The molecule has 2 aliphatic heterocycles. The fourth-order valence-corrected chi connectivity index (χ4v) is 6.33. The fraction of sp³-hybridized carbons (Fsp3) is 0.455. The van der Waals surface area contributed by atoms with Crippen molar-refractivity contribution in [3.05, 3.63) is 77.5 Å². The van der Waals surface area contributed by atoms with Crippen LogP contribution in [0.15, 0.2) is 49.1 Å². The van der Waals surface area contributed by atoms with E-state index in [0.29, 0.717) is 63.2 Å². The molecule has 1 aromatic heterocycles. The van der Waals surface area contributed by atoms with Crippen molar-refractivity contribution in [2.75, 3.05) is 56.2 Å². The number of amides is 1. The van der Waals surface area contributed by atoms with Crippen LogP contribution in [0.25, 0.3) is 15.6 Å². The van der Waals surface area contributed by atoms with E-state index in [-0.39, 0.29) is 30.4 Å². The van der Waals surface area contributed by atoms with Gasteiger partial charge in [0.25, 0.3) is 0 Å². The summed E-state index contributed by atoms with van der Waals surface area (Å²) in [6.45, 7) is 16.7. The summed E-state index contributed by atoms with van der Waals surface area (Å²) in [5.74, 6) is 0.402. The maximum Gasteiger partial charge on any atom is 0.318 e. The Bertz CT molecular complexity index is 1560. The first-order valence-corrected chi connectivity index (χ1v) is 15.1. The summed E-state index contributed by atoms with van der Waals surface area (Å²) in [5.41, 5.74) is 2.74. The summed E-state index contributed by atoms with van der Waals surface area (Å²) in [6, 6.07) is 11.9. The van der Waals surface area contributed by atoms with E-state index in [4.69, 9.17) is 21.3 Å². The van der Waals surface area contributed by atoms with Crippen molar-refractivity contribution in [2.24, 2.45) is 0 Å². The van der Waals surface area contributed by atoms with Crippen molar-refractivity contribution < 1.29 is 13.9 Å². The third kappa shape index (κ3) is 5.87. The zero-order chi connectivity index (χ0) is 30.1. The van der Waals surface area contributed by atoms with Crippen LogP contribution in [0, 0.1) is 12.4 Å². The van der Waals surface area contributed by atoms with Crippen LogP contribution in [0.2, 0.25) is 0 Å². The number of benzene rings is 2. The average Bonchev–Trinajstić information content (AvgIpc) is 3.88. The summed E-state index contributed by atoms with van der Waals surface area (Å²) < 4.78 is 21.3. The lowest BCUT2D eigenvalue weighted by Crippen LogP contribution is -2.56. The van der Waals surface area contributed by atoms with Crippen LogP contribution in [-0.4, -0.2) is 90.2 Å². The highest BCUT2D eigenvalue weighted by Gasteiger charge is 2.35. The Morgan fingerprint density at radius 1 is 1.21 bits per heavy atom. The number of rotatable bonds is 9. The molecule has 43 heavy (non-hydrogen) atoms. The first kappa shape index (κ1) is 28.9. The van der Waals surface area contributed by atoms with Gasteiger partial charge in [0.15, 0.2) is 0 Å². The molecule has 9 nitrogen and oxygen atoms in total. The Balaban J connectivity index is 1.33. The topological polar surface area (TPSA) is 69.4 Å². The maximum absolute atomic E-state index is 15.0. The molecule has 1 aliphatic carbocycles. The number of fused-ring (bicyclic) bond motifs is 2. The van der Waals surface area contributed by atoms with E-state index < -0.39 is 0 Å². The van der Waals surface area contributed by atoms with Gasteiger partial charge in [0.05, 0.1) is 12.2 Å². The molecule has 2 aromatic carbocycles. The van der Waals surface area contributed by atoms with Crippen molar-refractivity contribution in [3.8, 4) is 6.01 Å². The van der Waals surface area contributed by atoms with Crippen molar-refractivity contribution in [2.45, 2.75) is 50.9 Å². The Morgan fingerprint density at radius 2 is 2.00 bits per heavy atom. The minimum atomic E-state index is -0.266. The zero-order valence-electron chi connectivity index (χ0n) is 24.9. The van der Waals surface area contributed by atoms with Gasteiger partial charge >= 0.3 is 6.01 Å². The number of hydrogen-bond donors (Lipinski definition) is 0. The lowest BCUT2D eigenvalue weighted by Gasteiger charge is -2.41. The van der Waals surface area contributed by atoms with Crippen LogP contribution in [-0.2, 0) is 17.8 Å². The highest BCUT2D eigenvalue weighted by atomic mass is 19.1. The number of likely N-dealkylation sites (N-methyl/N-ethyl adjacent to an activating group) is 1. The molecule has 3 heterocycles. The largest absolute Gasteiger partial charge is 0.462 e. The number of piperazine rings is 1. The average molecular weight is 584 g/mol. The van der Waals surface area contributed by atoms with E-state index in [9.17, 15) is 4.79 Å². The van der Waals surface area contributed by atoms with Gasteiger partial charge in [-0.3, -0.25) is 9.69 Å². The molecule has 10 heteroatoms. The number of nitrogens with zero attached hydrogens (tertiary/aromatic N) is 7. The molecule has 0 N–H and O–H groups in total. The number of hydrogen-bond acceptors (Lipinski definition) is 7. The first-order chi connectivity index (χ1) is 20.9. The van der Waals surface area contributed by atoms with E-state index in [1.807, 2.05) is 24.3 Å². The number of halogens is 1. The number of aromatic nitrogens is 2. The highest BCUT2D eigenvalue weighted by Crippen LogP contribution is 2.36. The third-order valence-corrected chi connectivity index (χ3v) is 9.01. The predicted octanol–water partition coefficient (Wildman–Crippen LogP) is 4.32. The van der Waals surface area contributed by atoms with Gasteiger partial charge in [-0.15, -0.1) is 0 Å². The van der Waals surface area contributed by atoms with Crippen molar-refractivity contribution in [3.63, 3.8) is 0 Å². The normalized spacial score (nSPS) is 19.2. The predicted molar refractivity (Wildman–Crippen MR) is 166 cm³/mol. The second-order valence-corrected chi connectivity index (χ2v) is 11.8. The molecule has 1 saturated heterocycles. The van der Waals surface area contributed by atoms with E-state index >= 15 is 4.39 Å². The molecule has 1 saturated carbocycles. The molecule has 6 rings (SSSR count). The molecule has 3 aromatic rings. The van der Waals surface area contributed by atoms with Crippen LogP contribution in [0.3, 0.4) is 0 Å². The first-order valence-electron chi connectivity index (χ1n) is 15.1. The van der Waals surface area contributed by atoms with Crippen molar-refractivity contribution >= 4 is 28.2 Å². The lowest BCUT2D eigenvalue weighted by molar-refractivity contribution is -0.128. The highest BCUT2D eigenvalue weighted by molar-refractivity contribution is 5.95. The summed E-state index contributed by atoms with van der Waals surface area (Å²) in [4.78, 5) is 34.4. The van der Waals surface area contributed by atoms with Gasteiger partial charge in [0.2, 0.25) is 12.5 Å². The van der Waals surface area contributed by atoms with Crippen LogP contribution in [0.4, 0.5) is 15.9 Å². The second-order valence-electron chi connectivity index (χ2n) is 11.8. The van der Waals surface area contributed by atoms with Crippen LogP contribution in [0.1, 0.15) is 31.0 Å². The molecule has 0 spiro atoms. The SMILES string of the molecule is [C-]#[N+]C[C@H]1CN(c2nc(OC[C@H](C)N(C)C3CC3)nc3c2CCN(c2cccc4cccc(F)c24)C3)CCN1C(=O)C=C. The zero-order valence-corrected chi connectivity index (χ0v) is 24.9. The molecular weight excluding hydrogens is 545 g/mol. The molecule has 0 radical (unpaired) electrons. The number of carbonyl (C=O) groups excluding carboxylic acids is 1. The minimum absolute atomic E-state index is 0.159. The molecule has 0 unspecified atom stereocenters. The van der Waals surface area contributed by atoms with Crippen LogP contribution < -0.4 is 14.5 Å². The van der Waals surface area contributed by atoms with Gasteiger partial charge in [0, 0.05) is 54.9 Å². The van der Waals surface area contributed by atoms with Gasteiger partial charge in [-0.25, -0.2) is 11.0 Å². The quantitative estimate of drug-likeness (QED) is 0.275. The standard InChI is InChI=1S/C33H38FN7O2/c1-5-30(42)41-17-16-40(19-25(41)18-35-3)32-26-14-15-39(29-11-7-9-23-8-6-10-27(34)31(23)29)20-28(26)36-33(37-32)43-21-22(2)38(4)24-12-13-24/h5-11,22,24-25H,1,12-21H2,2,4H3/t22-,25-/m0/s1. The molecule has 3 aliphatic rings. The lowest BCUT2D eigenvalue weighted by atomic mass is 10.0. The molecule has 2 fully saturated rings. The molecular formula is C33H38FN7O2. The molecule has 0 bridgehead atoms. The minimum Gasteiger partial charge on any atom is -0.462 e. The third-order valence-electron chi connectivity index (χ3n) is 9.01. The summed E-state index contributed by atoms with van der Waals surface area (Å²) in [7, 11) is 2.13.